The molecule has 0 radical (unpaired) electrons. The van der Waals surface area contributed by atoms with Gasteiger partial charge in [-0.15, -0.1) is 0 Å². The van der Waals surface area contributed by atoms with Gasteiger partial charge in [0.15, 0.2) is 5.65 Å². The molecule has 0 atom stereocenters. The van der Waals surface area contributed by atoms with Crippen molar-refractivity contribution in [1.82, 2.24) is 19.4 Å². The molecule has 4 aromatic rings. The average Bonchev–Trinajstić information content (AvgIpc) is 3.18. The number of carbonyl (C=O) groups is 1. The van der Waals surface area contributed by atoms with Gasteiger partial charge in [0.05, 0.1) is 11.9 Å². The van der Waals surface area contributed by atoms with Crippen molar-refractivity contribution >= 4 is 16.9 Å². The number of amides is 1. The van der Waals surface area contributed by atoms with Crippen LogP contribution in [-0.4, -0.2) is 25.3 Å². The fourth-order valence-corrected chi connectivity index (χ4v) is 3.33. The van der Waals surface area contributed by atoms with E-state index in [4.69, 9.17) is 0 Å². The van der Waals surface area contributed by atoms with Gasteiger partial charge in [0.2, 0.25) is 5.91 Å². The standard InChI is InChI=1S/C23H23N5O2/c1-16-11-12-19(13-17(16)2)28-22-20(14-25-28)23(30)27(15-24-22)26-21(29)10-6-9-18-7-4-3-5-8-18/h3-5,7-8,11-15H,6,9-10H2,1-2H3,(H,26,29). The maximum absolute atomic E-state index is 12.8. The Hall–Kier alpha value is -3.74. The highest BCUT2D eigenvalue weighted by Crippen LogP contribution is 2.17. The van der Waals surface area contributed by atoms with E-state index in [0.717, 1.165) is 22.3 Å². The molecule has 0 aliphatic rings. The van der Waals surface area contributed by atoms with Gasteiger partial charge < -0.3 is 0 Å². The molecule has 1 amide bonds. The predicted octanol–water partition coefficient (Wildman–Crippen LogP) is 3.29. The molecular weight excluding hydrogens is 378 g/mol. The molecule has 0 saturated heterocycles. The summed E-state index contributed by atoms with van der Waals surface area (Å²) in [5.74, 6) is -0.226. The summed E-state index contributed by atoms with van der Waals surface area (Å²) in [6.45, 7) is 4.07. The Morgan fingerprint density at radius 1 is 1.07 bits per heavy atom. The molecule has 7 nitrogen and oxygen atoms in total. The second-order valence-electron chi connectivity index (χ2n) is 7.36. The van der Waals surface area contributed by atoms with Crippen LogP contribution in [0.1, 0.15) is 29.5 Å². The monoisotopic (exact) mass is 401 g/mol. The van der Waals surface area contributed by atoms with Crippen LogP contribution in [0.25, 0.3) is 16.7 Å². The lowest BCUT2D eigenvalue weighted by Gasteiger charge is -2.09. The number of benzene rings is 2. The summed E-state index contributed by atoms with van der Waals surface area (Å²) in [7, 11) is 0. The lowest BCUT2D eigenvalue weighted by molar-refractivity contribution is -0.117. The molecule has 30 heavy (non-hydrogen) atoms. The zero-order chi connectivity index (χ0) is 21.1. The number of hydrogen-bond donors (Lipinski definition) is 1. The zero-order valence-corrected chi connectivity index (χ0v) is 17.0. The molecule has 2 aromatic carbocycles. The predicted molar refractivity (Wildman–Crippen MR) is 116 cm³/mol. The first-order valence-electron chi connectivity index (χ1n) is 9.90. The van der Waals surface area contributed by atoms with Gasteiger partial charge in [-0.05, 0) is 55.5 Å². The molecule has 0 saturated carbocycles. The van der Waals surface area contributed by atoms with E-state index in [1.165, 1.54) is 23.7 Å². The molecule has 0 bridgehead atoms. The Morgan fingerprint density at radius 3 is 2.63 bits per heavy atom. The van der Waals surface area contributed by atoms with Crippen LogP contribution in [0.3, 0.4) is 0 Å². The third-order valence-electron chi connectivity index (χ3n) is 5.18. The van der Waals surface area contributed by atoms with Crippen molar-refractivity contribution in [2.24, 2.45) is 0 Å². The minimum Gasteiger partial charge on any atom is -0.273 e. The Balaban J connectivity index is 1.49. The van der Waals surface area contributed by atoms with Crippen LogP contribution < -0.4 is 11.0 Å². The Kier molecular flexibility index (Phi) is 5.43. The van der Waals surface area contributed by atoms with Crippen LogP contribution in [0.2, 0.25) is 0 Å². The van der Waals surface area contributed by atoms with E-state index in [1.807, 2.05) is 62.4 Å². The largest absolute Gasteiger partial charge is 0.283 e. The molecule has 0 spiro atoms. The highest BCUT2D eigenvalue weighted by molar-refractivity contribution is 5.84. The molecule has 4 rings (SSSR count). The van der Waals surface area contributed by atoms with Crippen molar-refractivity contribution in [2.45, 2.75) is 33.1 Å². The number of nitrogens with one attached hydrogen (secondary N) is 1. The van der Waals surface area contributed by atoms with Crippen molar-refractivity contribution in [3.8, 4) is 5.69 Å². The SMILES string of the molecule is Cc1ccc(-n2ncc3c(=O)n(NC(=O)CCCc4ccccc4)cnc32)cc1C. The maximum Gasteiger partial charge on any atom is 0.283 e. The summed E-state index contributed by atoms with van der Waals surface area (Å²) in [4.78, 5) is 29.4. The third kappa shape index (κ3) is 4.00. The van der Waals surface area contributed by atoms with Crippen LogP contribution in [0.4, 0.5) is 0 Å². The van der Waals surface area contributed by atoms with Gasteiger partial charge >= 0.3 is 0 Å². The topological polar surface area (TPSA) is 81.8 Å². The van der Waals surface area contributed by atoms with E-state index in [0.29, 0.717) is 23.9 Å². The van der Waals surface area contributed by atoms with Gasteiger partial charge in [0, 0.05) is 6.42 Å². The van der Waals surface area contributed by atoms with Crippen molar-refractivity contribution in [2.75, 3.05) is 5.43 Å². The van der Waals surface area contributed by atoms with Crippen molar-refractivity contribution < 1.29 is 4.79 Å². The van der Waals surface area contributed by atoms with Gasteiger partial charge in [-0.25, -0.2) is 14.3 Å². The second kappa shape index (κ2) is 8.32. The second-order valence-corrected chi connectivity index (χ2v) is 7.36. The minimum atomic E-state index is -0.355. The Bertz CT molecular complexity index is 1260. The lowest BCUT2D eigenvalue weighted by Crippen LogP contribution is -2.33. The van der Waals surface area contributed by atoms with Gasteiger partial charge in [0.1, 0.15) is 11.7 Å². The number of hydrogen-bond acceptors (Lipinski definition) is 4. The summed E-state index contributed by atoms with van der Waals surface area (Å²) in [5, 5.41) is 4.68. The van der Waals surface area contributed by atoms with Gasteiger partial charge in [-0.3, -0.25) is 15.0 Å². The minimum absolute atomic E-state index is 0.226. The van der Waals surface area contributed by atoms with Crippen LogP contribution in [0, 0.1) is 13.8 Å². The van der Waals surface area contributed by atoms with Crippen molar-refractivity contribution in [3.05, 3.63) is 88.1 Å². The average molecular weight is 401 g/mol. The number of aromatic nitrogens is 4. The highest BCUT2D eigenvalue weighted by Gasteiger charge is 2.13. The number of aryl methyl sites for hydroxylation is 3. The van der Waals surface area contributed by atoms with E-state index in [1.54, 1.807) is 4.68 Å². The molecule has 1 N–H and O–H groups in total. The highest BCUT2D eigenvalue weighted by atomic mass is 16.2. The molecule has 0 unspecified atom stereocenters. The Morgan fingerprint density at radius 2 is 1.87 bits per heavy atom. The first kappa shape index (κ1) is 19.6. The molecule has 0 aliphatic carbocycles. The molecule has 7 heteroatoms. The fraction of sp³-hybridized carbons (Fsp3) is 0.217. The van der Waals surface area contributed by atoms with Crippen LogP contribution in [0.5, 0.6) is 0 Å². The van der Waals surface area contributed by atoms with Crippen molar-refractivity contribution in [1.29, 1.82) is 0 Å². The van der Waals surface area contributed by atoms with Crippen molar-refractivity contribution in [3.63, 3.8) is 0 Å². The first-order chi connectivity index (χ1) is 14.5. The molecule has 2 aromatic heterocycles. The van der Waals surface area contributed by atoms with Gasteiger partial charge in [-0.1, -0.05) is 36.4 Å². The van der Waals surface area contributed by atoms with E-state index in [-0.39, 0.29) is 11.5 Å². The fourth-order valence-electron chi connectivity index (χ4n) is 3.33. The van der Waals surface area contributed by atoms with E-state index < -0.39 is 0 Å². The van der Waals surface area contributed by atoms with Crippen LogP contribution in [-0.2, 0) is 11.2 Å². The van der Waals surface area contributed by atoms with Gasteiger partial charge in [0.25, 0.3) is 5.56 Å². The van der Waals surface area contributed by atoms with E-state index >= 15 is 0 Å². The summed E-state index contributed by atoms with van der Waals surface area (Å²) >= 11 is 0. The maximum atomic E-state index is 12.8. The van der Waals surface area contributed by atoms with E-state index in [2.05, 4.69) is 15.5 Å². The van der Waals surface area contributed by atoms with E-state index in [9.17, 15) is 9.59 Å². The number of carbonyl (C=O) groups excluding carboxylic acids is 1. The summed E-state index contributed by atoms with van der Waals surface area (Å²) in [6, 6.07) is 16.0. The summed E-state index contributed by atoms with van der Waals surface area (Å²) < 4.78 is 2.76. The number of fused-ring (bicyclic) bond motifs is 1. The summed E-state index contributed by atoms with van der Waals surface area (Å²) in [6.07, 6.45) is 4.65. The smallest absolute Gasteiger partial charge is 0.273 e. The first-order valence-corrected chi connectivity index (χ1v) is 9.90. The quantitative estimate of drug-likeness (QED) is 0.537. The van der Waals surface area contributed by atoms with Crippen LogP contribution >= 0.6 is 0 Å². The molecule has 152 valence electrons. The molecular formula is C23H23N5O2. The van der Waals surface area contributed by atoms with Gasteiger partial charge in [-0.2, -0.15) is 5.10 Å². The third-order valence-corrected chi connectivity index (χ3v) is 5.18. The number of nitrogens with zero attached hydrogens (tertiary/aromatic N) is 4. The molecule has 2 heterocycles. The normalized spacial score (nSPS) is 11.0. The zero-order valence-electron chi connectivity index (χ0n) is 17.0. The molecule has 0 aliphatic heterocycles. The Labute approximate surface area is 174 Å². The molecule has 0 fully saturated rings. The lowest BCUT2D eigenvalue weighted by atomic mass is 10.1. The van der Waals surface area contributed by atoms with Crippen LogP contribution in [0.15, 0.2) is 65.8 Å². The summed E-state index contributed by atoms with van der Waals surface area (Å²) in [5.41, 5.74) is 7.05. The number of rotatable bonds is 6.